The second-order valence-electron chi connectivity index (χ2n) is 8.37. The molecule has 7 nitrogen and oxygen atoms in total. The van der Waals surface area contributed by atoms with Crippen LogP contribution in [-0.2, 0) is 0 Å². The lowest BCUT2D eigenvalue weighted by atomic mass is 10.1. The normalized spacial score (nSPS) is 17.2. The predicted octanol–water partition coefficient (Wildman–Crippen LogP) is 3.60. The third-order valence-corrected chi connectivity index (χ3v) is 5.49. The van der Waals surface area contributed by atoms with Crippen LogP contribution < -0.4 is 20.1 Å². The molecule has 0 aliphatic carbocycles. The van der Waals surface area contributed by atoms with Crippen LogP contribution in [0.3, 0.4) is 0 Å². The number of nitrogens with one attached hydrogen (secondary N) is 2. The highest BCUT2D eigenvalue weighted by Gasteiger charge is 2.17. The number of guanidine groups is 1. The maximum absolute atomic E-state index is 5.78. The van der Waals surface area contributed by atoms with Gasteiger partial charge in [0.2, 0.25) is 0 Å². The first-order chi connectivity index (χ1) is 15.0. The van der Waals surface area contributed by atoms with Crippen LogP contribution in [-0.4, -0.2) is 81.8 Å². The highest BCUT2D eigenvalue weighted by molar-refractivity contribution is 14.0. The fourth-order valence-electron chi connectivity index (χ4n) is 3.72. The van der Waals surface area contributed by atoms with E-state index in [1.807, 2.05) is 19.9 Å². The second-order valence-corrected chi connectivity index (χ2v) is 8.37. The van der Waals surface area contributed by atoms with E-state index in [-0.39, 0.29) is 30.0 Å². The number of hydrogen-bond acceptors (Lipinski definition) is 5. The number of rotatable bonds is 11. The quantitative estimate of drug-likeness (QED) is 0.245. The van der Waals surface area contributed by atoms with Gasteiger partial charge in [0.15, 0.2) is 17.5 Å². The molecule has 0 aromatic heterocycles. The van der Waals surface area contributed by atoms with Crippen molar-refractivity contribution in [3.63, 3.8) is 0 Å². The minimum Gasteiger partial charge on any atom is -0.490 e. The minimum atomic E-state index is 0. The lowest BCUT2D eigenvalue weighted by molar-refractivity contribution is 0.140. The van der Waals surface area contributed by atoms with Crippen LogP contribution in [0.4, 0.5) is 0 Å². The van der Waals surface area contributed by atoms with Crippen molar-refractivity contribution in [2.75, 3.05) is 66.1 Å². The summed E-state index contributed by atoms with van der Waals surface area (Å²) in [7, 11) is 2.20. The molecule has 0 spiro atoms. The first-order valence-corrected chi connectivity index (χ1v) is 11.8. The molecule has 8 heteroatoms. The molecule has 2 rings (SSSR count). The largest absolute Gasteiger partial charge is 0.490 e. The lowest BCUT2D eigenvalue weighted by Crippen LogP contribution is -2.46. The Labute approximate surface area is 212 Å². The van der Waals surface area contributed by atoms with Crippen molar-refractivity contribution in [2.45, 2.75) is 40.7 Å². The number of aliphatic imine (C=N–C) groups is 1. The van der Waals surface area contributed by atoms with Crippen molar-refractivity contribution >= 4 is 29.9 Å². The zero-order chi connectivity index (χ0) is 22.6. The second kappa shape index (κ2) is 15.6. The number of likely N-dealkylation sites (N-methyl/N-ethyl adjacent to an activating group) is 1. The number of halogens is 1. The van der Waals surface area contributed by atoms with Gasteiger partial charge in [0.05, 0.1) is 19.3 Å². The summed E-state index contributed by atoms with van der Waals surface area (Å²) < 4.78 is 11.5. The fraction of sp³-hybridized carbons (Fsp3) is 0.708. The van der Waals surface area contributed by atoms with Crippen LogP contribution in [0.25, 0.3) is 0 Å². The van der Waals surface area contributed by atoms with Crippen LogP contribution in [0.15, 0.2) is 23.2 Å². The zero-order valence-electron chi connectivity index (χ0n) is 20.8. The summed E-state index contributed by atoms with van der Waals surface area (Å²) >= 11 is 0. The standard InChI is InChI=1S/C24H43N5O2.HI/c1-7-25-24(26-17-19(4)18-29-14-12-28(6)13-15-29)27-20(5)21-10-11-22(30-8-2)23(16-21)31-9-3;/h10-11,16,19-20H,7-9,12-15,17-18H2,1-6H3,(H2,25,26,27);1H. The van der Waals surface area contributed by atoms with Gasteiger partial charge in [0.25, 0.3) is 0 Å². The first-order valence-electron chi connectivity index (χ1n) is 11.8. The van der Waals surface area contributed by atoms with Crippen LogP contribution in [0.2, 0.25) is 0 Å². The smallest absolute Gasteiger partial charge is 0.191 e. The summed E-state index contributed by atoms with van der Waals surface area (Å²) in [5.74, 6) is 2.95. The summed E-state index contributed by atoms with van der Waals surface area (Å²) in [6, 6.07) is 6.24. The van der Waals surface area contributed by atoms with Gasteiger partial charge in [-0.3, -0.25) is 4.99 Å². The fourth-order valence-corrected chi connectivity index (χ4v) is 3.72. The van der Waals surface area contributed by atoms with Crippen LogP contribution in [0.5, 0.6) is 11.5 Å². The van der Waals surface area contributed by atoms with E-state index in [0.29, 0.717) is 19.1 Å². The Hall–Kier alpha value is -1.26. The molecule has 1 aliphatic rings. The van der Waals surface area contributed by atoms with E-state index in [2.05, 4.69) is 60.4 Å². The maximum Gasteiger partial charge on any atom is 0.191 e. The Morgan fingerprint density at radius 1 is 1.03 bits per heavy atom. The first kappa shape index (κ1) is 28.8. The molecule has 2 atom stereocenters. The Bertz CT molecular complexity index is 680. The third kappa shape index (κ3) is 9.70. The summed E-state index contributed by atoms with van der Waals surface area (Å²) in [6.07, 6.45) is 0. The van der Waals surface area contributed by atoms with Crippen molar-refractivity contribution in [1.82, 2.24) is 20.4 Å². The SMILES string of the molecule is CCNC(=NCC(C)CN1CCN(C)CC1)NC(C)c1ccc(OCC)c(OCC)c1.I. The number of ether oxygens (including phenoxy) is 2. The van der Waals surface area contributed by atoms with E-state index in [1.54, 1.807) is 0 Å². The van der Waals surface area contributed by atoms with E-state index in [1.165, 1.54) is 0 Å². The van der Waals surface area contributed by atoms with E-state index >= 15 is 0 Å². The molecule has 0 amide bonds. The lowest BCUT2D eigenvalue weighted by Gasteiger charge is -2.33. The maximum atomic E-state index is 5.78. The van der Waals surface area contributed by atoms with E-state index in [0.717, 1.165) is 68.8 Å². The molecule has 0 bridgehead atoms. The topological polar surface area (TPSA) is 61.4 Å². The predicted molar refractivity (Wildman–Crippen MR) is 145 cm³/mol. The molecule has 184 valence electrons. The number of benzene rings is 1. The van der Waals surface area contributed by atoms with E-state index in [9.17, 15) is 0 Å². The molecule has 1 heterocycles. The minimum absolute atomic E-state index is 0. The van der Waals surface area contributed by atoms with Crippen molar-refractivity contribution < 1.29 is 9.47 Å². The third-order valence-electron chi connectivity index (χ3n) is 5.49. The Kier molecular flexibility index (Phi) is 14.0. The molecule has 2 unspecified atom stereocenters. The molecule has 1 aromatic rings. The molecule has 32 heavy (non-hydrogen) atoms. The van der Waals surface area contributed by atoms with Crippen LogP contribution in [0.1, 0.15) is 46.2 Å². The summed E-state index contributed by atoms with van der Waals surface area (Å²) in [4.78, 5) is 9.82. The van der Waals surface area contributed by atoms with Crippen molar-refractivity contribution in [3.8, 4) is 11.5 Å². The molecule has 1 aromatic carbocycles. The Morgan fingerprint density at radius 2 is 1.69 bits per heavy atom. The Balaban J connectivity index is 0.00000512. The molecule has 0 radical (unpaired) electrons. The van der Waals surface area contributed by atoms with Crippen molar-refractivity contribution in [1.29, 1.82) is 0 Å². The molecular formula is C24H44IN5O2. The van der Waals surface area contributed by atoms with Gasteiger partial charge in [-0.1, -0.05) is 13.0 Å². The van der Waals surface area contributed by atoms with Crippen LogP contribution >= 0.6 is 24.0 Å². The van der Waals surface area contributed by atoms with Gasteiger partial charge in [0.1, 0.15) is 0 Å². The number of nitrogens with zero attached hydrogens (tertiary/aromatic N) is 3. The van der Waals surface area contributed by atoms with Gasteiger partial charge in [-0.25, -0.2) is 0 Å². The number of piperazine rings is 1. The summed E-state index contributed by atoms with van der Waals surface area (Å²) in [5, 5.41) is 6.92. The van der Waals surface area contributed by atoms with Crippen LogP contribution in [0, 0.1) is 5.92 Å². The highest BCUT2D eigenvalue weighted by atomic mass is 127. The summed E-state index contributed by atoms with van der Waals surface area (Å²) in [5.41, 5.74) is 1.14. The number of hydrogen-bond donors (Lipinski definition) is 2. The molecular weight excluding hydrogens is 517 g/mol. The van der Waals surface area contributed by atoms with Gasteiger partial charge < -0.3 is 29.9 Å². The molecule has 1 saturated heterocycles. The monoisotopic (exact) mass is 561 g/mol. The molecule has 1 fully saturated rings. The zero-order valence-corrected chi connectivity index (χ0v) is 23.1. The summed E-state index contributed by atoms with van der Waals surface area (Å²) in [6.45, 7) is 19.1. The average molecular weight is 562 g/mol. The van der Waals surface area contributed by atoms with Crippen molar-refractivity contribution in [2.24, 2.45) is 10.9 Å². The van der Waals surface area contributed by atoms with Gasteiger partial charge in [-0.15, -0.1) is 24.0 Å². The van der Waals surface area contributed by atoms with E-state index < -0.39 is 0 Å². The van der Waals surface area contributed by atoms with Gasteiger partial charge in [-0.2, -0.15) is 0 Å². The van der Waals surface area contributed by atoms with Gasteiger partial charge in [-0.05, 0) is 58.4 Å². The highest BCUT2D eigenvalue weighted by Crippen LogP contribution is 2.30. The molecule has 2 N–H and O–H groups in total. The molecule has 0 saturated carbocycles. The van der Waals surface area contributed by atoms with Gasteiger partial charge >= 0.3 is 0 Å². The van der Waals surface area contributed by atoms with E-state index in [4.69, 9.17) is 14.5 Å². The Morgan fingerprint density at radius 3 is 2.31 bits per heavy atom. The van der Waals surface area contributed by atoms with Crippen molar-refractivity contribution in [3.05, 3.63) is 23.8 Å². The average Bonchev–Trinajstić information content (AvgIpc) is 2.75. The van der Waals surface area contributed by atoms with Gasteiger partial charge in [0, 0.05) is 45.8 Å². The molecule has 1 aliphatic heterocycles.